The van der Waals surface area contributed by atoms with E-state index in [0.717, 1.165) is 36.3 Å². The Hall–Kier alpha value is -3.84. The first-order chi connectivity index (χ1) is 28.3. The molecule has 1 unspecified atom stereocenters. The molecule has 334 valence electrons. The Bertz CT molecular complexity index is 1740. The van der Waals surface area contributed by atoms with Gasteiger partial charge in [-0.1, -0.05) is 73.4 Å². The highest BCUT2D eigenvalue weighted by Gasteiger charge is 2.39. The molecule has 2 aromatic rings. The van der Waals surface area contributed by atoms with Crippen LogP contribution in [0.25, 0.3) is 0 Å². The largest absolute Gasteiger partial charge is 0.481 e. The molecule has 1 fully saturated rings. The molecule has 15 nitrogen and oxygen atoms in total. The second-order valence-corrected chi connectivity index (χ2v) is 18.0. The number of amides is 3. The molecular weight excluding hydrogens is 905 g/mol. The number of piperidine rings is 1. The van der Waals surface area contributed by atoms with E-state index < -0.39 is 59.9 Å². The fourth-order valence-corrected chi connectivity index (χ4v) is 8.37. The predicted molar refractivity (Wildman–Crippen MR) is 236 cm³/mol. The van der Waals surface area contributed by atoms with E-state index in [4.69, 9.17) is 12.5 Å². The van der Waals surface area contributed by atoms with Crippen LogP contribution in [0.5, 0.6) is 5.75 Å². The fraction of sp³-hybridized carbons (Fsp3) is 0.651. The number of hydrogen-bond acceptors (Lipinski definition) is 12. The molecule has 0 bridgehead atoms. The first kappa shape index (κ1) is 50.5. The monoisotopic (exact) mass is 969 g/mol. The lowest BCUT2D eigenvalue weighted by Crippen LogP contribution is -2.59. The summed E-state index contributed by atoms with van der Waals surface area (Å²) in [6.07, 6.45) is 2.86. The minimum absolute atomic E-state index is 0.0184. The summed E-state index contributed by atoms with van der Waals surface area (Å²) in [5, 5.41) is 17.5. The summed E-state index contributed by atoms with van der Waals surface area (Å²) in [5.74, 6) is -3.85. The van der Waals surface area contributed by atoms with Gasteiger partial charge in [-0.05, 0) is 74.7 Å². The number of thiazole rings is 1. The minimum atomic E-state index is -1.00. The molecular formula is C43H64IN5O10S. The van der Waals surface area contributed by atoms with Crippen molar-refractivity contribution < 1.29 is 46.4 Å². The van der Waals surface area contributed by atoms with Crippen molar-refractivity contribution in [1.29, 1.82) is 0 Å². The number of benzene rings is 1. The van der Waals surface area contributed by atoms with Crippen LogP contribution in [-0.2, 0) is 39.9 Å². The number of hydrogen-bond donors (Lipinski definition) is 3. The van der Waals surface area contributed by atoms with Gasteiger partial charge in [0.1, 0.15) is 22.5 Å². The lowest BCUT2D eigenvalue weighted by Gasteiger charge is -2.39. The fourth-order valence-electron chi connectivity index (χ4n) is 7.23. The molecule has 0 aliphatic carbocycles. The molecule has 3 N–H and O–H groups in total. The number of nitrogens with one attached hydrogen (secondary N) is 2. The van der Waals surface area contributed by atoms with Crippen LogP contribution < -0.4 is 13.7 Å². The van der Waals surface area contributed by atoms with E-state index in [-0.39, 0.29) is 61.4 Å². The van der Waals surface area contributed by atoms with Crippen LogP contribution in [0.2, 0.25) is 0 Å². The van der Waals surface area contributed by atoms with Gasteiger partial charge in [0.2, 0.25) is 11.8 Å². The van der Waals surface area contributed by atoms with Gasteiger partial charge in [0, 0.05) is 37.2 Å². The molecule has 1 aliphatic rings. The summed E-state index contributed by atoms with van der Waals surface area (Å²) >= 11 is 2.90. The number of carbonyl (C=O) groups is 6. The number of esters is 2. The van der Waals surface area contributed by atoms with Crippen molar-refractivity contribution in [2.75, 3.05) is 20.3 Å². The Balaban J connectivity index is 1.96. The molecule has 0 radical (unpaired) electrons. The number of carboxylic acid groups (broad SMARTS) is 1. The first-order valence-corrected chi connectivity index (χ1v) is 22.6. The van der Waals surface area contributed by atoms with Crippen molar-refractivity contribution in [2.45, 2.75) is 137 Å². The van der Waals surface area contributed by atoms with Crippen molar-refractivity contribution in [3.05, 3.63) is 45.9 Å². The van der Waals surface area contributed by atoms with E-state index in [0.29, 0.717) is 30.0 Å². The molecule has 0 saturated carbocycles. The zero-order valence-corrected chi connectivity index (χ0v) is 39.4. The Labute approximate surface area is 372 Å². The molecule has 1 aliphatic heterocycles. The SMILES string of the molecule is CC[C@H](C)[C@H](NC(=O)[C@H]1CCCCN1C)C(=O)N(COC(=O)CC(C)C)C(C[C@@H](OC(C)=O)c1nc(C(=O)N[C@@H](Cc2ccc(OI)cc2)C[C@H](C)C(=O)O)cs1)C(C)C. The van der Waals surface area contributed by atoms with Crippen LogP contribution in [0.15, 0.2) is 29.6 Å². The summed E-state index contributed by atoms with van der Waals surface area (Å²) in [6.45, 7) is 14.7. The lowest BCUT2D eigenvalue weighted by molar-refractivity contribution is -0.161. The second kappa shape index (κ2) is 24.6. The summed E-state index contributed by atoms with van der Waals surface area (Å²) in [5.41, 5.74) is 0.923. The third-order valence-electron chi connectivity index (χ3n) is 10.9. The van der Waals surface area contributed by atoms with E-state index in [1.807, 2.05) is 65.6 Å². The number of rotatable bonds is 23. The number of carboxylic acids is 1. The van der Waals surface area contributed by atoms with E-state index in [9.17, 15) is 33.9 Å². The third kappa shape index (κ3) is 15.6. The number of nitrogens with zero attached hydrogens (tertiary/aromatic N) is 3. The number of aromatic nitrogens is 1. The molecule has 0 spiro atoms. The molecule has 1 aromatic carbocycles. The van der Waals surface area contributed by atoms with E-state index >= 15 is 0 Å². The van der Waals surface area contributed by atoms with Crippen LogP contribution >= 0.6 is 34.3 Å². The quantitative estimate of drug-likeness (QED) is 0.0605. The Kier molecular flexibility index (Phi) is 20.7. The van der Waals surface area contributed by atoms with Crippen LogP contribution in [0.3, 0.4) is 0 Å². The first-order valence-electron chi connectivity index (χ1n) is 20.8. The highest BCUT2D eigenvalue weighted by atomic mass is 127. The van der Waals surface area contributed by atoms with Crippen LogP contribution in [0, 0.1) is 23.7 Å². The van der Waals surface area contributed by atoms with Gasteiger partial charge in [0.15, 0.2) is 35.8 Å². The molecule has 7 atom stereocenters. The van der Waals surface area contributed by atoms with Crippen molar-refractivity contribution in [2.24, 2.45) is 23.7 Å². The van der Waals surface area contributed by atoms with E-state index in [1.54, 1.807) is 47.4 Å². The summed E-state index contributed by atoms with van der Waals surface area (Å²) in [6, 6.07) is 4.73. The van der Waals surface area contributed by atoms with Gasteiger partial charge >= 0.3 is 17.9 Å². The van der Waals surface area contributed by atoms with E-state index in [2.05, 4.69) is 15.6 Å². The zero-order valence-electron chi connectivity index (χ0n) is 36.4. The summed E-state index contributed by atoms with van der Waals surface area (Å²) < 4.78 is 16.8. The highest BCUT2D eigenvalue weighted by molar-refractivity contribution is 14.1. The average Bonchev–Trinajstić information content (AvgIpc) is 3.69. The number of carbonyl (C=O) groups excluding carboxylic acids is 5. The molecule has 1 aromatic heterocycles. The maximum atomic E-state index is 14.8. The number of likely N-dealkylation sites (N-methyl/N-ethyl adjacent to an activating group) is 1. The summed E-state index contributed by atoms with van der Waals surface area (Å²) in [4.78, 5) is 87.7. The van der Waals surface area contributed by atoms with Crippen molar-refractivity contribution in [3.8, 4) is 5.75 Å². The summed E-state index contributed by atoms with van der Waals surface area (Å²) in [7, 11) is 1.90. The molecule has 3 rings (SSSR count). The predicted octanol–water partition coefficient (Wildman–Crippen LogP) is 6.73. The van der Waals surface area contributed by atoms with Crippen molar-refractivity contribution in [3.63, 3.8) is 0 Å². The van der Waals surface area contributed by atoms with Crippen molar-refractivity contribution >= 4 is 70.0 Å². The van der Waals surface area contributed by atoms with Crippen LogP contribution in [0.1, 0.15) is 127 Å². The Morgan fingerprint density at radius 3 is 2.27 bits per heavy atom. The van der Waals surface area contributed by atoms with Gasteiger partial charge in [0.25, 0.3) is 5.91 Å². The van der Waals surface area contributed by atoms with Gasteiger partial charge in [-0.3, -0.25) is 33.7 Å². The van der Waals surface area contributed by atoms with E-state index in [1.165, 1.54) is 11.8 Å². The molecule has 3 amide bonds. The Morgan fingerprint density at radius 1 is 1.02 bits per heavy atom. The standard InChI is InChI=1S/C43H64IN5O10S/c1-10-27(6)38(47-40(53)34-13-11-12-18-48(34)9)42(54)49(24-57-37(51)19-25(2)3)35(26(4)5)22-36(58-29(8)50)41-46-33(23-60-41)39(52)45-31(20-28(7)43(55)56)21-30-14-16-32(59-44)17-15-30/h14-17,23,25-28,31,34-36,38H,10-13,18-22,24H2,1-9H3,(H,45,52)(H,47,53)(H,55,56)/t27-,28-,31+,34+,35?,36+,38-/m0/s1. The maximum absolute atomic E-state index is 14.8. The number of halogens is 1. The van der Waals surface area contributed by atoms with Gasteiger partial charge in [0.05, 0.1) is 12.0 Å². The third-order valence-corrected chi connectivity index (χ3v) is 12.4. The average molecular weight is 970 g/mol. The Morgan fingerprint density at radius 2 is 1.70 bits per heavy atom. The van der Waals surface area contributed by atoms with Gasteiger partial charge < -0.3 is 33.2 Å². The molecule has 2 heterocycles. The van der Waals surface area contributed by atoms with Crippen LogP contribution in [0.4, 0.5) is 0 Å². The second-order valence-electron chi connectivity index (χ2n) is 16.7. The molecule has 60 heavy (non-hydrogen) atoms. The molecule has 17 heteroatoms. The van der Waals surface area contributed by atoms with Gasteiger partial charge in [-0.15, -0.1) is 11.3 Å². The topological polar surface area (TPSA) is 194 Å². The normalized spacial score (nSPS) is 17.4. The maximum Gasteiger partial charge on any atom is 0.307 e. The minimum Gasteiger partial charge on any atom is -0.481 e. The number of aliphatic carboxylic acids is 1. The van der Waals surface area contributed by atoms with Gasteiger partial charge in [-0.25, -0.2) is 4.98 Å². The lowest BCUT2D eigenvalue weighted by atomic mass is 9.92. The van der Waals surface area contributed by atoms with Crippen LogP contribution in [-0.4, -0.2) is 100 Å². The van der Waals surface area contributed by atoms with Crippen molar-refractivity contribution in [1.82, 2.24) is 25.4 Å². The number of ether oxygens (including phenoxy) is 2. The number of likely N-dealkylation sites (tertiary alicyclic amines) is 1. The zero-order chi connectivity index (χ0) is 44.7. The highest BCUT2D eigenvalue weighted by Crippen LogP contribution is 2.32. The smallest absolute Gasteiger partial charge is 0.307 e. The van der Waals surface area contributed by atoms with Gasteiger partial charge in [-0.2, -0.15) is 0 Å². The molecule has 1 saturated heterocycles.